The topological polar surface area (TPSA) is 113 Å². The first-order valence-corrected chi connectivity index (χ1v) is 8.64. The second-order valence-corrected chi connectivity index (χ2v) is 6.65. The standard InChI is InChI=1S/C20H22N2O4/c1-2-9-20(22-21)16-7-5-14(18(23)24)10-12(16)3-4-13-11-15(19(25)26)6-8-17(13)20/h5-8,10-11,22H,2-4,9,21H2,1H3,(H,23,24)(H,25,26). The summed E-state index contributed by atoms with van der Waals surface area (Å²) < 4.78 is 0. The van der Waals surface area contributed by atoms with Crippen molar-refractivity contribution in [3.63, 3.8) is 0 Å². The van der Waals surface area contributed by atoms with Gasteiger partial charge in [0.15, 0.2) is 0 Å². The molecule has 0 fully saturated rings. The van der Waals surface area contributed by atoms with E-state index in [0.29, 0.717) is 19.3 Å². The summed E-state index contributed by atoms with van der Waals surface area (Å²) in [4.78, 5) is 22.7. The van der Waals surface area contributed by atoms with Gasteiger partial charge in [0.25, 0.3) is 0 Å². The Morgan fingerprint density at radius 2 is 1.46 bits per heavy atom. The Bertz CT molecular complexity index is 811. The number of carbonyl (C=O) groups is 2. The predicted octanol–water partition coefficient (Wildman–Crippen LogP) is 2.69. The zero-order chi connectivity index (χ0) is 18.9. The highest BCUT2D eigenvalue weighted by Gasteiger charge is 2.38. The number of nitrogens with one attached hydrogen (secondary N) is 1. The molecule has 0 spiro atoms. The van der Waals surface area contributed by atoms with Gasteiger partial charge < -0.3 is 10.2 Å². The lowest BCUT2D eigenvalue weighted by Crippen LogP contribution is -2.48. The summed E-state index contributed by atoms with van der Waals surface area (Å²) in [5.74, 6) is 4.10. The van der Waals surface area contributed by atoms with Gasteiger partial charge >= 0.3 is 11.9 Å². The Labute approximate surface area is 151 Å². The first-order valence-electron chi connectivity index (χ1n) is 8.64. The van der Waals surface area contributed by atoms with E-state index >= 15 is 0 Å². The maximum Gasteiger partial charge on any atom is 0.335 e. The van der Waals surface area contributed by atoms with Crippen LogP contribution in [0.2, 0.25) is 0 Å². The van der Waals surface area contributed by atoms with Crippen LogP contribution >= 0.6 is 0 Å². The fourth-order valence-corrected chi connectivity index (χ4v) is 3.99. The van der Waals surface area contributed by atoms with Gasteiger partial charge in [-0.2, -0.15) is 0 Å². The second kappa shape index (κ2) is 6.90. The molecular weight excluding hydrogens is 332 g/mol. The highest BCUT2D eigenvalue weighted by molar-refractivity contribution is 5.89. The normalized spacial score (nSPS) is 14.8. The Kier molecular flexibility index (Phi) is 4.80. The Balaban J connectivity index is 2.26. The molecule has 0 bridgehead atoms. The molecule has 0 saturated heterocycles. The van der Waals surface area contributed by atoms with Gasteiger partial charge in [-0.25, -0.2) is 15.0 Å². The smallest absolute Gasteiger partial charge is 0.335 e. The van der Waals surface area contributed by atoms with Crippen LogP contribution in [0.4, 0.5) is 0 Å². The van der Waals surface area contributed by atoms with Gasteiger partial charge in [-0.15, -0.1) is 0 Å². The number of nitrogens with two attached hydrogens (primary N) is 1. The number of hydrazine groups is 1. The molecule has 2 aromatic carbocycles. The van der Waals surface area contributed by atoms with Crippen molar-refractivity contribution in [2.24, 2.45) is 5.84 Å². The quantitative estimate of drug-likeness (QED) is 0.485. The summed E-state index contributed by atoms with van der Waals surface area (Å²) in [6.07, 6.45) is 2.81. The zero-order valence-corrected chi connectivity index (χ0v) is 14.6. The number of aromatic carboxylic acids is 2. The lowest BCUT2D eigenvalue weighted by molar-refractivity contribution is 0.0686. The van der Waals surface area contributed by atoms with Crippen LogP contribution in [0.3, 0.4) is 0 Å². The maximum absolute atomic E-state index is 11.4. The van der Waals surface area contributed by atoms with Crippen LogP contribution in [-0.4, -0.2) is 22.2 Å². The Morgan fingerprint density at radius 1 is 1.00 bits per heavy atom. The predicted molar refractivity (Wildman–Crippen MR) is 97.2 cm³/mol. The molecule has 0 heterocycles. The summed E-state index contributed by atoms with van der Waals surface area (Å²) in [7, 11) is 0. The molecule has 6 nitrogen and oxygen atoms in total. The van der Waals surface area contributed by atoms with E-state index in [-0.39, 0.29) is 11.1 Å². The zero-order valence-electron chi connectivity index (χ0n) is 14.6. The van der Waals surface area contributed by atoms with Gasteiger partial charge in [0, 0.05) is 0 Å². The molecule has 0 aromatic heterocycles. The number of carboxylic acids is 2. The first kappa shape index (κ1) is 18.1. The fourth-order valence-electron chi connectivity index (χ4n) is 3.99. The third-order valence-corrected chi connectivity index (χ3v) is 5.16. The largest absolute Gasteiger partial charge is 0.478 e. The average Bonchev–Trinajstić information content (AvgIpc) is 2.76. The Hall–Kier alpha value is -2.70. The average molecular weight is 354 g/mol. The fraction of sp³-hybridized carbons (Fsp3) is 0.300. The molecule has 136 valence electrons. The summed E-state index contributed by atoms with van der Waals surface area (Å²) >= 11 is 0. The molecule has 3 rings (SSSR count). The van der Waals surface area contributed by atoms with Crippen LogP contribution in [-0.2, 0) is 18.4 Å². The molecule has 0 aliphatic heterocycles. The van der Waals surface area contributed by atoms with E-state index < -0.39 is 17.5 Å². The molecule has 2 aromatic rings. The van der Waals surface area contributed by atoms with E-state index in [2.05, 4.69) is 12.3 Å². The number of carboxylic acid groups (broad SMARTS) is 2. The van der Waals surface area contributed by atoms with E-state index in [1.165, 1.54) is 0 Å². The summed E-state index contributed by atoms with van der Waals surface area (Å²) in [5.41, 5.74) is 6.52. The first-order chi connectivity index (χ1) is 12.4. The van der Waals surface area contributed by atoms with Crippen molar-refractivity contribution in [1.29, 1.82) is 0 Å². The lowest BCUT2D eigenvalue weighted by atomic mass is 9.77. The monoisotopic (exact) mass is 354 g/mol. The minimum Gasteiger partial charge on any atom is -0.478 e. The van der Waals surface area contributed by atoms with Crippen LogP contribution < -0.4 is 11.3 Å². The summed E-state index contributed by atoms with van der Waals surface area (Å²) in [6.45, 7) is 2.06. The third kappa shape index (κ3) is 2.87. The van der Waals surface area contributed by atoms with Crippen LogP contribution in [0.25, 0.3) is 0 Å². The van der Waals surface area contributed by atoms with Crippen molar-refractivity contribution < 1.29 is 19.8 Å². The third-order valence-electron chi connectivity index (χ3n) is 5.16. The van der Waals surface area contributed by atoms with Gasteiger partial charge in [-0.3, -0.25) is 5.84 Å². The summed E-state index contributed by atoms with van der Waals surface area (Å²) in [5, 5.41) is 18.6. The SMILES string of the molecule is CCCC1(NN)c2ccc(C(=O)O)cc2CCc2cc(C(=O)O)ccc21. The molecule has 1 aliphatic carbocycles. The number of fused-ring (bicyclic) bond motifs is 2. The number of benzene rings is 2. The molecule has 0 unspecified atom stereocenters. The van der Waals surface area contributed by atoms with E-state index in [1.807, 2.05) is 12.1 Å². The number of rotatable bonds is 5. The molecule has 1 aliphatic rings. The highest BCUT2D eigenvalue weighted by atomic mass is 16.4. The van der Waals surface area contributed by atoms with Crippen molar-refractivity contribution in [2.45, 2.75) is 38.1 Å². The van der Waals surface area contributed by atoms with Gasteiger partial charge in [0.1, 0.15) is 0 Å². The lowest BCUT2D eigenvalue weighted by Gasteiger charge is -2.36. The van der Waals surface area contributed by atoms with Gasteiger partial charge in [-0.05, 0) is 65.8 Å². The Morgan fingerprint density at radius 3 is 1.81 bits per heavy atom. The molecule has 6 heteroatoms. The molecular formula is C20H22N2O4. The molecule has 0 saturated carbocycles. The maximum atomic E-state index is 11.4. The number of hydrogen-bond donors (Lipinski definition) is 4. The van der Waals surface area contributed by atoms with Crippen LogP contribution in [0.1, 0.15) is 62.7 Å². The van der Waals surface area contributed by atoms with Crippen LogP contribution in [0.15, 0.2) is 36.4 Å². The number of aryl methyl sites for hydroxylation is 2. The van der Waals surface area contributed by atoms with E-state index in [4.69, 9.17) is 5.84 Å². The van der Waals surface area contributed by atoms with Crippen molar-refractivity contribution >= 4 is 11.9 Å². The van der Waals surface area contributed by atoms with E-state index in [1.54, 1.807) is 24.3 Å². The van der Waals surface area contributed by atoms with Crippen LogP contribution in [0.5, 0.6) is 0 Å². The highest BCUT2D eigenvalue weighted by Crippen LogP contribution is 2.41. The molecule has 0 radical (unpaired) electrons. The minimum atomic E-state index is -0.968. The summed E-state index contributed by atoms with van der Waals surface area (Å²) in [6, 6.07) is 10.2. The molecule has 0 amide bonds. The molecule has 0 atom stereocenters. The minimum absolute atomic E-state index is 0.239. The van der Waals surface area contributed by atoms with Gasteiger partial charge in [-0.1, -0.05) is 25.5 Å². The molecule has 5 N–H and O–H groups in total. The van der Waals surface area contributed by atoms with Crippen LogP contribution in [0, 0.1) is 0 Å². The van der Waals surface area contributed by atoms with Crippen molar-refractivity contribution in [1.82, 2.24) is 5.43 Å². The molecule has 26 heavy (non-hydrogen) atoms. The van der Waals surface area contributed by atoms with Gasteiger partial charge in [0.2, 0.25) is 0 Å². The van der Waals surface area contributed by atoms with Crippen molar-refractivity contribution in [2.75, 3.05) is 0 Å². The van der Waals surface area contributed by atoms with Crippen molar-refractivity contribution in [3.8, 4) is 0 Å². The van der Waals surface area contributed by atoms with Gasteiger partial charge in [0.05, 0.1) is 16.7 Å². The second-order valence-electron chi connectivity index (χ2n) is 6.65. The van der Waals surface area contributed by atoms with E-state index in [9.17, 15) is 19.8 Å². The van der Waals surface area contributed by atoms with E-state index in [0.717, 1.165) is 28.7 Å². The number of hydrogen-bond acceptors (Lipinski definition) is 4. The van der Waals surface area contributed by atoms with Crippen molar-refractivity contribution in [3.05, 3.63) is 69.8 Å².